The van der Waals surface area contributed by atoms with Gasteiger partial charge in [0.05, 0.1) is 11.9 Å². The molecule has 0 aromatic carbocycles. The van der Waals surface area contributed by atoms with Gasteiger partial charge in [0.15, 0.2) is 0 Å². The van der Waals surface area contributed by atoms with Crippen LogP contribution in [-0.2, 0) is 0 Å². The summed E-state index contributed by atoms with van der Waals surface area (Å²) >= 11 is 3.39. The van der Waals surface area contributed by atoms with Gasteiger partial charge >= 0.3 is 0 Å². The lowest BCUT2D eigenvalue weighted by Crippen LogP contribution is -2.16. The zero-order valence-electron chi connectivity index (χ0n) is 8.13. The predicted molar refractivity (Wildman–Crippen MR) is 60.8 cm³/mol. The third kappa shape index (κ3) is 2.31. The van der Waals surface area contributed by atoms with Crippen molar-refractivity contribution in [3.05, 3.63) is 34.0 Å². The van der Waals surface area contributed by atoms with Crippen LogP contribution in [-0.4, -0.2) is 18.3 Å². The van der Waals surface area contributed by atoms with E-state index in [2.05, 4.69) is 27.6 Å². The van der Waals surface area contributed by atoms with Crippen LogP contribution in [0.5, 0.6) is 0 Å². The van der Waals surface area contributed by atoms with Gasteiger partial charge in [0.25, 0.3) is 0 Å². The molecule has 3 heteroatoms. The van der Waals surface area contributed by atoms with E-state index in [-0.39, 0.29) is 0 Å². The van der Waals surface area contributed by atoms with Crippen molar-refractivity contribution in [2.24, 2.45) is 5.10 Å². The lowest BCUT2D eigenvalue weighted by molar-refractivity contribution is 0.454. The van der Waals surface area contributed by atoms with Crippen molar-refractivity contribution in [1.82, 2.24) is 5.01 Å². The molecule has 1 heterocycles. The fourth-order valence-electron chi connectivity index (χ4n) is 1.08. The molecule has 1 aliphatic rings. The molecule has 0 bridgehead atoms. The monoisotopic (exact) mass is 240 g/mol. The van der Waals surface area contributed by atoms with Crippen LogP contribution in [0, 0.1) is 0 Å². The molecule has 70 valence electrons. The highest BCUT2D eigenvalue weighted by Gasteiger charge is 2.10. The Kier molecular flexibility index (Phi) is 3.09. The molecule has 0 N–H and O–H groups in total. The van der Waals surface area contributed by atoms with Crippen molar-refractivity contribution in [3.8, 4) is 0 Å². The average molecular weight is 241 g/mol. The number of hydrogen-bond donors (Lipinski definition) is 0. The van der Waals surface area contributed by atoms with Crippen LogP contribution in [0.25, 0.3) is 0 Å². The smallest absolute Gasteiger partial charge is 0.0554 e. The Morgan fingerprint density at radius 1 is 1.69 bits per heavy atom. The van der Waals surface area contributed by atoms with E-state index in [0.29, 0.717) is 0 Å². The molecule has 0 aromatic rings. The van der Waals surface area contributed by atoms with Gasteiger partial charge in [-0.1, -0.05) is 22.5 Å². The largest absolute Gasteiger partial charge is 0.269 e. The second kappa shape index (κ2) is 3.92. The Hall–Kier alpha value is -0.830. The van der Waals surface area contributed by atoms with E-state index in [1.807, 2.05) is 33.2 Å². The standard InChI is InChI=1S/C10H13BrN2/c1-7(11)5-10-6-12-13(4)9(3)8(10)2/h5-6H,3H2,1-2,4H3/b7-5+. The number of hydrazone groups is 1. The molecule has 2 nitrogen and oxygen atoms in total. The van der Waals surface area contributed by atoms with E-state index in [9.17, 15) is 0 Å². The first kappa shape index (κ1) is 10.3. The minimum atomic E-state index is 0.947. The van der Waals surface area contributed by atoms with Gasteiger partial charge in [-0.25, -0.2) is 0 Å². The van der Waals surface area contributed by atoms with Gasteiger partial charge in [0, 0.05) is 12.6 Å². The van der Waals surface area contributed by atoms with E-state index in [1.54, 1.807) is 5.01 Å². The van der Waals surface area contributed by atoms with Crippen LogP contribution in [0.1, 0.15) is 13.8 Å². The summed E-state index contributed by atoms with van der Waals surface area (Å²) in [6, 6.07) is 0. The molecule has 0 spiro atoms. The first-order valence-electron chi connectivity index (χ1n) is 4.04. The normalized spacial score (nSPS) is 18.6. The highest BCUT2D eigenvalue weighted by molar-refractivity contribution is 9.11. The molecule has 1 rings (SSSR count). The summed E-state index contributed by atoms with van der Waals surface area (Å²) in [5.74, 6) is 0. The van der Waals surface area contributed by atoms with Gasteiger partial charge in [-0.05, 0) is 30.0 Å². The second-order valence-electron chi connectivity index (χ2n) is 3.03. The molecule has 0 aromatic heterocycles. The molecule has 0 saturated carbocycles. The third-order valence-electron chi connectivity index (χ3n) is 1.98. The Labute approximate surface area is 87.4 Å². The van der Waals surface area contributed by atoms with Crippen LogP contribution >= 0.6 is 15.9 Å². The fourth-order valence-corrected chi connectivity index (χ4v) is 1.33. The third-order valence-corrected chi connectivity index (χ3v) is 2.21. The van der Waals surface area contributed by atoms with Gasteiger partial charge in [0.1, 0.15) is 0 Å². The first-order valence-corrected chi connectivity index (χ1v) is 4.83. The van der Waals surface area contributed by atoms with Crippen molar-refractivity contribution in [2.75, 3.05) is 7.05 Å². The topological polar surface area (TPSA) is 15.6 Å². The summed E-state index contributed by atoms with van der Waals surface area (Å²) in [6.45, 7) is 7.99. The molecule has 0 unspecified atom stereocenters. The summed E-state index contributed by atoms with van der Waals surface area (Å²) in [5, 5.41) is 5.96. The Morgan fingerprint density at radius 3 is 2.85 bits per heavy atom. The zero-order valence-corrected chi connectivity index (χ0v) is 9.72. The van der Waals surface area contributed by atoms with Gasteiger partial charge < -0.3 is 0 Å². The Bertz CT molecular complexity index is 320. The maximum Gasteiger partial charge on any atom is 0.0554 e. The minimum Gasteiger partial charge on any atom is -0.269 e. The van der Waals surface area contributed by atoms with Gasteiger partial charge in [-0.2, -0.15) is 5.10 Å². The maximum absolute atomic E-state index is 4.18. The maximum atomic E-state index is 4.18. The number of likely N-dealkylation sites (N-methyl/N-ethyl adjacent to an activating group) is 1. The van der Waals surface area contributed by atoms with E-state index in [4.69, 9.17) is 0 Å². The molecule has 0 radical (unpaired) electrons. The van der Waals surface area contributed by atoms with E-state index < -0.39 is 0 Å². The fraction of sp³-hybridized carbons (Fsp3) is 0.300. The van der Waals surface area contributed by atoms with Crippen LogP contribution < -0.4 is 0 Å². The average Bonchev–Trinajstić information content (AvgIpc) is 2.06. The molecule has 13 heavy (non-hydrogen) atoms. The predicted octanol–water partition coefficient (Wildman–Crippen LogP) is 3.05. The van der Waals surface area contributed by atoms with E-state index in [1.165, 1.54) is 0 Å². The van der Waals surface area contributed by atoms with Crippen molar-refractivity contribution < 1.29 is 0 Å². The summed E-state index contributed by atoms with van der Waals surface area (Å²) in [4.78, 5) is 0. The highest BCUT2D eigenvalue weighted by atomic mass is 79.9. The first-order chi connectivity index (χ1) is 6.02. The molecule has 0 amide bonds. The minimum absolute atomic E-state index is 0.947. The van der Waals surface area contributed by atoms with Crippen LogP contribution in [0.2, 0.25) is 0 Å². The Balaban J connectivity index is 3.05. The van der Waals surface area contributed by atoms with Gasteiger partial charge in [0.2, 0.25) is 0 Å². The second-order valence-corrected chi connectivity index (χ2v) is 4.28. The quantitative estimate of drug-likeness (QED) is 0.688. The highest BCUT2D eigenvalue weighted by Crippen LogP contribution is 2.21. The number of rotatable bonds is 1. The van der Waals surface area contributed by atoms with Crippen molar-refractivity contribution >= 4 is 22.1 Å². The molecular weight excluding hydrogens is 228 g/mol. The van der Waals surface area contributed by atoms with Crippen molar-refractivity contribution in [1.29, 1.82) is 0 Å². The molecule has 0 atom stereocenters. The Morgan fingerprint density at radius 2 is 2.31 bits per heavy atom. The zero-order chi connectivity index (χ0) is 10.0. The van der Waals surface area contributed by atoms with Gasteiger partial charge in [-0.15, -0.1) is 0 Å². The number of nitrogens with zero attached hydrogens (tertiary/aromatic N) is 2. The van der Waals surface area contributed by atoms with Crippen LogP contribution in [0.3, 0.4) is 0 Å². The summed E-state index contributed by atoms with van der Waals surface area (Å²) in [7, 11) is 1.89. The lowest BCUT2D eigenvalue weighted by Gasteiger charge is -2.21. The number of hydrogen-bond acceptors (Lipinski definition) is 2. The van der Waals surface area contributed by atoms with Crippen molar-refractivity contribution in [3.63, 3.8) is 0 Å². The molecule has 0 aliphatic carbocycles. The van der Waals surface area contributed by atoms with Crippen molar-refractivity contribution in [2.45, 2.75) is 13.8 Å². The van der Waals surface area contributed by atoms with Crippen LogP contribution in [0.4, 0.5) is 0 Å². The lowest BCUT2D eigenvalue weighted by atomic mass is 10.1. The summed E-state index contributed by atoms with van der Waals surface area (Å²) in [6.07, 6.45) is 3.88. The van der Waals surface area contributed by atoms with Gasteiger partial charge in [-0.3, -0.25) is 5.01 Å². The van der Waals surface area contributed by atoms with E-state index in [0.717, 1.165) is 21.3 Å². The molecule has 0 saturated heterocycles. The molecule has 1 aliphatic heterocycles. The number of halogens is 1. The summed E-state index contributed by atoms with van der Waals surface area (Å²) in [5.41, 5.74) is 3.22. The molecular formula is C10H13BrN2. The van der Waals surface area contributed by atoms with E-state index >= 15 is 0 Å². The van der Waals surface area contributed by atoms with Crippen LogP contribution in [0.15, 0.2) is 39.1 Å². The SMILES string of the molecule is C=C1C(C)=C(/C=C(\C)Br)C=NN1C. The molecule has 0 fully saturated rings. The number of allylic oxidation sites excluding steroid dienone is 4. The summed E-state index contributed by atoms with van der Waals surface area (Å²) < 4.78 is 1.09.